The maximum absolute atomic E-state index is 11.6. The van der Waals surface area contributed by atoms with Gasteiger partial charge in [0.15, 0.2) is 5.69 Å². The normalized spacial score (nSPS) is 12.6. The third-order valence-corrected chi connectivity index (χ3v) is 5.04. The SMILES string of the molecule is Cc1ccncc1-n1nc(C(=O)O)c2c1-c1ccccc1SC2. The summed E-state index contributed by atoms with van der Waals surface area (Å²) in [4.78, 5) is 16.9. The second-order valence-electron chi connectivity index (χ2n) is 5.34. The molecule has 114 valence electrons. The van der Waals surface area contributed by atoms with Gasteiger partial charge in [0.1, 0.15) is 0 Å². The van der Waals surface area contributed by atoms with Crippen molar-refractivity contribution in [3.05, 3.63) is 59.5 Å². The van der Waals surface area contributed by atoms with Crippen LogP contribution in [0.1, 0.15) is 21.6 Å². The van der Waals surface area contributed by atoms with E-state index in [-0.39, 0.29) is 5.69 Å². The van der Waals surface area contributed by atoms with Gasteiger partial charge < -0.3 is 5.11 Å². The molecule has 1 aromatic carbocycles. The summed E-state index contributed by atoms with van der Waals surface area (Å²) in [5, 5.41) is 13.9. The van der Waals surface area contributed by atoms with Crippen LogP contribution in [0.5, 0.6) is 0 Å². The molecule has 1 aliphatic heterocycles. The molecule has 1 aliphatic rings. The summed E-state index contributed by atoms with van der Waals surface area (Å²) in [6.07, 6.45) is 3.44. The Kier molecular flexibility index (Phi) is 3.20. The zero-order chi connectivity index (χ0) is 16.0. The summed E-state index contributed by atoms with van der Waals surface area (Å²) in [5.41, 5.74) is 4.56. The largest absolute Gasteiger partial charge is 0.476 e. The Morgan fingerprint density at radius 1 is 1.30 bits per heavy atom. The maximum Gasteiger partial charge on any atom is 0.356 e. The molecule has 5 nitrogen and oxygen atoms in total. The van der Waals surface area contributed by atoms with Crippen molar-refractivity contribution in [2.75, 3.05) is 0 Å². The lowest BCUT2D eigenvalue weighted by Gasteiger charge is -2.18. The number of carboxylic acid groups (broad SMARTS) is 1. The molecule has 4 rings (SSSR count). The second kappa shape index (κ2) is 5.24. The number of rotatable bonds is 2. The minimum absolute atomic E-state index is 0.116. The Morgan fingerprint density at radius 3 is 2.91 bits per heavy atom. The molecule has 1 N–H and O–H groups in total. The van der Waals surface area contributed by atoms with E-state index in [2.05, 4.69) is 16.1 Å². The number of thioether (sulfide) groups is 1. The van der Waals surface area contributed by atoms with Crippen molar-refractivity contribution in [1.29, 1.82) is 0 Å². The number of aromatic carboxylic acids is 1. The van der Waals surface area contributed by atoms with E-state index in [9.17, 15) is 9.90 Å². The summed E-state index contributed by atoms with van der Waals surface area (Å²) in [6, 6.07) is 9.91. The Bertz CT molecular complexity index is 933. The number of carbonyl (C=O) groups is 1. The molecule has 0 aliphatic carbocycles. The molecule has 0 saturated carbocycles. The van der Waals surface area contributed by atoms with E-state index in [4.69, 9.17) is 0 Å². The van der Waals surface area contributed by atoms with Gasteiger partial charge in [0.05, 0.1) is 17.6 Å². The highest BCUT2D eigenvalue weighted by molar-refractivity contribution is 7.98. The summed E-state index contributed by atoms with van der Waals surface area (Å²) < 4.78 is 1.72. The molecule has 2 aromatic heterocycles. The van der Waals surface area contributed by atoms with Crippen molar-refractivity contribution in [1.82, 2.24) is 14.8 Å². The summed E-state index contributed by atoms with van der Waals surface area (Å²) in [6.45, 7) is 1.97. The fraction of sp³-hybridized carbons (Fsp3) is 0.118. The minimum Gasteiger partial charge on any atom is -0.476 e. The Labute approximate surface area is 137 Å². The molecule has 0 amide bonds. The smallest absolute Gasteiger partial charge is 0.356 e. The molecular weight excluding hydrogens is 310 g/mol. The summed E-state index contributed by atoms with van der Waals surface area (Å²) in [7, 11) is 0. The third-order valence-electron chi connectivity index (χ3n) is 3.94. The molecule has 23 heavy (non-hydrogen) atoms. The van der Waals surface area contributed by atoms with E-state index >= 15 is 0 Å². The average Bonchev–Trinajstić information content (AvgIpc) is 2.95. The van der Waals surface area contributed by atoms with E-state index in [0.29, 0.717) is 5.75 Å². The number of hydrogen-bond acceptors (Lipinski definition) is 4. The van der Waals surface area contributed by atoms with Crippen LogP contribution in [0.25, 0.3) is 16.9 Å². The van der Waals surface area contributed by atoms with Gasteiger partial charge in [-0.2, -0.15) is 5.10 Å². The predicted octanol–water partition coefficient (Wildman–Crippen LogP) is 3.55. The van der Waals surface area contributed by atoms with Gasteiger partial charge >= 0.3 is 5.97 Å². The van der Waals surface area contributed by atoms with Gasteiger partial charge in [-0.15, -0.1) is 11.8 Å². The van der Waals surface area contributed by atoms with Crippen LogP contribution in [0.2, 0.25) is 0 Å². The highest BCUT2D eigenvalue weighted by Gasteiger charge is 2.29. The Morgan fingerprint density at radius 2 is 2.13 bits per heavy atom. The molecule has 0 fully saturated rings. The Balaban J connectivity index is 2.06. The van der Waals surface area contributed by atoms with E-state index in [1.807, 2.05) is 31.2 Å². The first-order chi connectivity index (χ1) is 11.2. The number of hydrogen-bond donors (Lipinski definition) is 1. The first kappa shape index (κ1) is 14.0. The average molecular weight is 323 g/mol. The van der Waals surface area contributed by atoms with Crippen molar-refractivity contribution in [3.63, 3.8) is 0 Å². The predicted molar refractivity (Wildman–Crippen MR) is 88.1 cm³/mol. The lowest BCUT2D eigenvalue weighted by Crippen LogP contribution is -2.05. The molecule has 0 radical (unpaired) electrons. The Hall–Kier alpha value is -2.60. The van der Waals surface area contributed by atoms with Gasteiger partial charge in [0.25, 0.3) is 0 Å². The summed E-state index contributed by atoms with van der Waals surface area (Å²) >= 11 is 1.64. The molecule has 3 heterocycles. The zero-order valence-electron chi connectivity index (χ0n) is 12.4. The standard InChI is InChI=1S/C17H13N3O2S/c1-10-6-7-18-8-13(10)20-16-11-4-2-3-5-14(11)23-9-12(16)15(19-20)17(21)22/h2-8H,9H2,1H3,(H,21,22). The van der Waals surface area contributed by atoms with Gasteiger partial charge in [-0.1, -0.05) is 18.2 Å². The van der Waals surface area contributed by atoms with Crippen molar-refractivity contribution in [2.45, 2.75) is 17.6 Å². The van der Waals surface area contributed by atoms with Gasteiger partial charge in [-0.3, -0.25) is 4.98 Å². The van der Waals surface area contributed by atoms with E-state index < -0.39 is 5.97 Å². The summed E-state index contributed by atoms with van der Waals surface area (Å²) in [5.74, 6) is -0.394. The fourth-order valence-corrected chi connectivity index (χ4v) is 3.89. The van der Waals surface area contributed by atoms with Gasteiger partial charge in [0.2, 0.25) is 0 Å². The molecule has 0 unspecified atom stereocenters. The lowest BCUT2D eigenvalue weighted by molar-refractivity contribution is 0.0689. The van der Waals surface area contributed by atoms with Gasteiger partial charge in [0, 0.05) is 28.0 Å². The van der Waals surface area contributed by atoms with Crippen LogP contribution in [-0.4, -0.2) is 25.8 Å². The quantitative estimate of drug-likeness (QED) is 0.781. The van der Waals surface area contributed by atoms with Crippen LogP contribution in [0.4, 0.5) is 0 Å². The number of carboxylic acids is 1. The van der Waals surface area contributed by atoms with Crippen LogP contribution in [0.15, 0.2) is 47.6 Å². The molecule has 3 aromatic rings. The van der Waals surface area contributed by atoms with E-state index in [0.717, 1.165) is 33.0 Å². The van der Waals surface area contributed by atoms with Crippen molar-refractivity contribution in [3.8, 4) is 16.9 Å². The fourth-order valence-electron chi connectivity index (χ4n) is 2.83. The molecule has 6 heteroatoms. The molecule has 0 atom stereocenters. The number of aryl methyl sites for hydroxylation is 1. The first-order valence-corrected chi connectivity index (χ1v) is 8.13. The first-order valence-electron chi connectivity index (χ1n) is 7.15. The van der Waals surface area contributed by atoms with Crippen LogP contribution < -0.4 is 0 Å². The van der Waals surface area contributed by atoms with E-state index in [1.54, 1.807) is 28.8 Å². The molecular formula is C17H13N3O2S. The topological polar surface area (TPSA) is 68.0 Å². The second-order valence-corrected chi connectivity index (χ2v) is 6.36. The lowest BCUT2D eigenvalue weighted by atomic mass is 10.1. The number of fused-ring (bicyclic) bond motifs is 3. The van der Waals surface area contributed by atoms with Gasteiger partial charge in [-0.05, 0) is 24.6 Å². The van der Waals surface area contributed by atoms with Crippen LogP contribution >= 0.6 is 11.8 Å². The molecule has 0 bridgehead atoms. The maximum atomic E-state index is 11.6. The number of nitrogens with zero attached hydrogens (tertiary/aromatic N) is 3. The van der Waals surface area contributed by atoms with Crippen LogP contribution in [0.3, 0.4) is 0 Å². The van der Waals surface area contributed by atoms with Crippen molar-refractivity contribution < 1.29 is 9.90 Å². The zero-order valence-corrected chi connectivity index (χ0v) is 13.2. The number of aromatic nitrogens is 3. The van der Waals surface area contributed by atoms with Crippen LogP contribution in [0, 0.1) is 6.92 Å². The van der Waals surface area contributed by atoms with Crippen molar-refractivity contribution >= 4 is 17.7 Å². The highest BCUT2D eigenvalue weighted by atomic mass is 32.2. The molecule has 0 spiro atoms. The van der Waals surface area contributed by atoms with Crippen LogP contribution in [-0.2, 0) is 5.75 Å². The number of pyridine rings is 1. The van der Waals surface area contributed by atoms with Gasteiger partial charge in [-0.25, -0.2) is 9.48 Å². The highest BCUT2D eigenvalue weighted by Crippen LogP contribution is 2.43. The third kappa shape index (κ3) is 2.14. The minimum atomic E-state index is -0.999. The van der Waals surface area contributed by atoms with E-state index in [1.165, 1.54) is 0 Å². The number of benzene rings is 1. The monoisotopic (exact) mass is 323 g/mol. The molecule has 0 saturated heterocycles. The van der Waals surface area contributed by atoms with Crippen molar-refractivity contribution in [2.24, 2.45) is 0 Å².